The van der Waals surface area contributed by atoms with Gasteiger partial charge < -0.3 is 10.1 Å². The van der Waals surface area contributed by atoms with E-state index in [1.54, 1.807) is 32.4 Å². The molecule has 0 saturated carbocycles. The van der Waals surface area contributed by atoms with Crippen LogP contribution in [0.15, 0.2) is 71.0 Å². The van der Waals surface area contributed by atoms with Crippen molar-refractivity contribution in [2.45, 2.75) is 35.1 Å². The van der Waals surface area contributed by atoms with Crippen LogP contribution >= 0.6 is 11.8 Å². The Bertz CT molecular complexity index is 1200. The summed E-state index contributed by atoms with van der Waals surface area (Å²) in [6, 6.07) is 13.9. The highest BCUT2D eigenvalue weighted by Crippen LogP contribution is 2.27. The lowest BCUT2D eigenvalue weighted by Gasteiger charge is -2.16. The highest BCUT2D eigenvalue weighted by Gasteiger charge is 2.27. The number of hydrogen-bond acceptors (Lipinski definition) is 6. The minimum atomic E-state index is -3.47. The van der Waals surface area contributed by atoms with E-state index in [1.807, 2.05) is 35.0 Å². The number of ether oxygens (including phenoxy) is 1. The lowest BCUT2D eigenvalue weighted by atomic mass is 10.3. The zero-order chi connectivity index (χ0) is 23.4. The summed E-state index contributed by atoms with van der Waals surface area (Å²) in [4.78, 5) is 17.4. The summed E-state index contributed by atoms with van der Waals surface area (Å²) in [6.45, 7) is 2.92. The Labute approximate surface area is 198 Å². The quantitative estimate of drug-likeness (QED) is 0.487. The summed E-state index contributed by atoms with van der Waals surface area (Å²) < 4.78 is 33.9. The van der Waals surface area contributed by atoms with E-state index in [4.69, 9.17) is 4.74 Å². The minimum absolute atomic E-state index is 0.195. The average Bonchev–Trinajstić information content (AvgIpc) is 3.52. The van der Waals surface area contributed by atoms with Crippen molar-refractivity contribution in [3.05, 3.63) is 60.9 Å². The Balaban J connectivity index is 1.40. The summed E-state index contributed by atoms with van der Waals surface area (Å²) >= 11 is 1.34. The predicted molar refractivity (Wildman–Crippen MR) is 128 cm³/mol. The van der Waals surface area contributed by atoms with Gasteiger partial charge in [-0.15, -0.1) is 0 Å². The molecule has 2 aromatic carbocycles. The number of thioether (sulfide) groups is 1. The topological polar surface area (TPSA) is 93.5 Å². The molecule has 0 radical (unpaired) electrons. The maximum Gasteiger partial charge on any atom is 0.243 e. The van der Waals surface area contributed by atoms with Crippen molar-refractivity contribution in [1.82, 2.24) is 13.9 Å². The summed E-state index contributed by atoms with van der Waals surface area (Å²) in [5.41, 5.74) is 1.46. The number of nitrogens with zero attached hydrogens (tertiary/aromatic N) is 3. The summed E-state index contributed by atoms with van der Waals surface area (Å²) in [5, 5.41) is 3.13. The molecule has 0 unspecified atom stereocenters. The van der Waals surface area contributed by atoms with Gasteiger partial charge in [-0.1, -0.05) is 11.8 Å². The fourth-order valence-electron chi connectivity index (χ4n) is 3.56. The van der Waals surface area contributed by atoms with Gasteiger partial charge in [-0.3, -0.25) is 9.36 Å². The molecule has 3 aromatic rings. The van der Waals surface area contributed by atoms with Crippen LogP contribution in [-0.2, 0) is 14.8 Å². The molecule has 8 nitrogen and oxygen atoms in total. The van der Waals surface area contributed by atoms with Gasteiger partial charge in [0.25, 0.3) is 0 Å². The van der Waals surface area contributed by atoms with E-state index < -0.39 is 15.3 Å². The third kappa shape index (κ3) is 5.23. The first-order valence-corrected chi connectivity index (χ1v) is 13.0. The molecule has 2 heterocycles. The van der Waals surface area contributed by atoms with E-state index in [0.29, 0.717) is 23.9 Å². The van der Waals surface area contributed by atoms with Crippen molar-refractivity contribution >= 4 is 33.4 Å². The number of carbonyl (C=O) groups is 1. The summed E-state index contributed by atoms with van der Waals surface area (Å²) in [7, 11) is -1.85. The molecule has 0 aliphatic carbocycles. The lowest BCUT2D eigenvalue weighted by Crippen LogP contribution is -2.27. The molecule has 174 valence electrons. The number of carbonyl (C=O) groups excluding carboxylic acids is 1. The molecule has 10 heteroatoms. The monoisotopic (exact) mass is 486 g/mol. The zero-order valence-corrected chi connectivity index (χ0v) is 20.1. The second kappa shape index (κ2) is 9.98. The predicted octanol–water partition coefficient (Wildman–Crippen LogP) is 3.78. The smallest absolute Gasteiger partial charge is 0.243 e. The fraction of sp³-hybridized carbons (Fsp3) is 0.304. The molecule has 1 aliphatic rings. The molecule has 1 N–H and O–H groups in total. The SMILES string of the molecule is COc1ccc(-n2ccnc2S[C@@H](C)C(=O)Nc2ccc(S(=O)(=O)N3CCCC3)cc2)cc1. The van der Waals surface area contributed by atoms with Gasteiger partial charge in [-0.2, -0.15) is 4.31 Å². The maximum atomic E-state index is 12.7. The number of hydrogen-bond donors (Lipinski definition) is 1. The minimum Gasteiger partial charge on any atom is -0.497 e. The van der Waals surface area contributed by atoms with Crippen molar-refractivity contribution in [2.75, 3.05) is 25.5 Å². The maximum absolute atomic E-state index is 12.7. The van der Waals surface area contributed by atoms with Crippen molar-refractivity contribution < 1.29 is 17.9 Å². The van der Waals surface area contributed by atoms with Crippen molar-refractivity contribution in [2.24, 2.45) is 0 Å². The Morgan fingerprint density at radius 1 is 1.09 bits per heavy atom. The second-order valence-corrected chi connectivity index (χ2v) is 10.9. The van der Waals surface area contributed by atoms with Crippen LogP contribution < -0.4 is 10.1 Å². The van der Waals surface area contributed by atoms with Crippen LogP contribution in [0.2, 0.25) is 0 Å². The lowest BCUT2D eigenvalue weighted by molar-refractivity contribution is -0.115. The number of aromatic nitrogens is 2. The van der Waals surface area contributed by atoms with E-state index in [2.05, 4.69) is 10.3 Å². The summed E-state index contributed by atoms with van der Waals surface area (Å²) in [5.74, 6) is 0.569. The molecule has 1 aromatic heterocycles. The normalized spacial score (nSPS) is 15.3. The van der Waals surface area contributed by atoms with Crippen molar-refractivity contribution in [3.63, 3.8) is 0 Å². The Morgan fingerprint density at radius 3 is 2.39 bits per heavy atom. The molecule has 1 aliphatic heterocycles. The Morgan fingerprint density at radius 2 is 1.76 bits per heavy atom. The van der Waals surface area contributed by atoms with Gasteiger partial charge in [0, 0.05) is 36.9 Å². The van der Waals surface area contributed by atoms with Gasteiger partial charge in [-0.05, 0) is 68.3 Å². The first-order chi connectivity index (χ1) is 15.9. The van der Waals surface area contributed by atoms with Crippen molar-refractivity contribution in [1.29, 1.82) is 0 Å². The standard InChI is InChI=1S/C23H26N4O4S2/c1-17(32-23-24-13-16-27(23)19-7-9-20(31-2)10-8-19)22(28)25-18-5-11-21(12-6-18)33(29,30)26-14-3-4-15-26/h5-13,16-17H,3-4,14-15H2,1-2H3,(H,25,28)/t17-/m0/s1. The number of sulfonamides is 1. The van der Waals surface area contributed by atoms with Crippen LogP contribution in [0.5, 0.6) is 5.75 Å². The number of amides is 1. The first kappa shape index (κ1) is 23.3. The molecule has 0 spiro atoms. The third-order valence-corrected chi connectivity index (χ3v) is 8.43. The van der Waals surface area contributed by atoms with Gasteiger partial charge in [-0.25, -0.2) is 13.4 Å². The van der Waals surface area contributed by atoms with Crippen LogP contribution in [0.3, 0.4) is 0 Å². The van der Waals surface area contributed by atoms with Crippen LogP contribution in [0.25, 0.3) is 5.69 Å². The molecule has 0 bridgehead atoms. The highest BCUT2D eigenvalue weighted by molar-refractivity contribution is 8.00. The van der Waals surface area contributed by atoms with Crippen LogP contribution in [0.4, 0.5) is 5.69 Å². The number of anilines is 1. The number of rotatable bonds is 8. The molecule has 33 heavy (non-hydrogen) atoms. The second-order valence-electron chi connectivity index (χ2n) is 7.66. The van der Waals surface area contributed by atoms with Gasteiger partial charge in [0.2, 0.25) is 15.9 Å². The molecule has 1 amide bonds. The molecular weight excluding hydrogens is 460 g/mol. The van der Waals surface area contributed by atoms with Crippen molar-refractivity contribution in [3.8, 4) is 11.4 Å². The first-order valence-electron chi connectivity index (χ1n) is 10.6. The van der Waals surface area contributed by atoms with Gasteiger partial charge in [0.1, 0.15) is 5.75 Å². The molecule has 1 atom stereocenters. The largest absolute Gasteiger partial charge is 0.497 e. The van der Waals surface area contributed by atoms with Crippen LogP contribution in [0.1, 0.15) is 19.8 Å². The van der Waals surface area contributed by atoms with E-state index in [9.17, 15) is 13.2 Å². The highest BCUT2D eigenvalue weighted by atomic mass is 32.2. The molecule has 4 rings (SSSR count). The van der Waals surface area contributed by atoms with E-state index >= 15 is 0 Å². The van der Waals surface area contributed by atoms with E-state index in [0.717, 1.165) is 24.3 Å². The van der Waals surface area contributed by atoms with Gasteiger partial charge in [0.15, 0.2) is 5.16 Å². The van der Waals surface area contributed by atoms with E-state index in [-0.39, 0.29) is 10.8 Å². The van der Waals surface area contributed by atoms with Crippen LogP contribution in [-0.4, -0.2) is 53.6 Å². The van der Waals surface area contributed by atoms with Crippen LogP contribution in [0, 0.1) is 0 Å². The van der Waals surface area contributed by atoms with E-state index in [1.165, 1.54) is 28.2 Å². The third-order valence-electron chi connectivity index (χ3n) is 5.43. The number of benzene rings is 2. The average molecular weight is 487 g/mol. The Kier molecular flexibility index (Phi) is 7.06. The fourth-order valence-corrected chi connectivity index (χ4v) is 5.96. The van der Waals surface area contributed by atoms with Gasteiger partial charge in [0.05, 0.1) is 17.3 Å². The molecule has 1 fully saturated rings. The molecule has 1 saturated heterocycles. The zero-order valence-electron chi connectivity index (χ0n) is 18.5. The number of imidazole rings is 1. The Hall–Kier alpha value is -2.82. The van der Waals surface area contributed by atoms with Gasteiger partial charge >= 0.3 is 0 Å². The molecular formula is C23H26N4O4S2. The number of methoxy groups -OCH3 is 1. The number of nitrogens with one attached hydrogen (secondary N) is 1. The summed E-state index contributed by atoms with van der Waals surface area (Å²) in [6.07, 6.45) is 5.31.